The van der Waals surface area contributed by atoms with E-state index in [9.17, 15) is 0 Å². The van der Waals surface area contributed by atoms with E-state index in [1.165, 1.54) is 31.2 Å². The van der Waals surface area contributed by atoms with Crippen molar-refractivity contribution < 1.29 is 0 Å². The summed E-state index contributed by atoms with van der Waals surface area (Å²) in [6.07, 6.45) is 7.46. The zero-order valence-corrected chi connectivity index (χ0v) is 9.66. The Balaban J connectivity index is 2.04. The van der Waals surface area contributed by atoms with Gasteiger partial charge < -0.3 is 5.32 Å². The predicted octanol–water partition coefficient (Wildman–Crippen LogP) is 2.84. The quantitative estimate of drug-likeness (QED) is 0.815. The highest BCUT2D eigenvalue weighted by molar-refractivity contribution is 5.19. The smallest absolute Gasteiger partial charge is 0.0375 e. The van der Waals surface area contributed by atoms with Crippen LogP contribution in [0.2, 0.25) is 0 Å². The van der Waals surface area contributed by atoms with Crippen LogP contribution in [0.5, 0.6) is 0 Å². The van der Waals surface area contributed by atoms with Gasteiger partial charge in [0.1, 0.15) is 0 Å². The molecule has 0 saturated heterocycles. The SMILES string of the molecule is CNC(CC1CCC1)c1ccnc(C)c1. The minimum atomic E-state index is 0.511. The van der Waals surface area contributed by atoms with E-state index in [0.29, 0.717) is 6.04 Å². The lowest BCUT2D eigenvalue weighted by Gasteiger charge is -2.29. The molecule has 2 heteroatoms. The fraction of sp³-hybridized carbons (Fsp3) is 0.615. The maximum absolute atomic E-state index is 4.24. The molecule has 82 valence electrons. The van der Waals surface area contributed by atoms with Crippen LogP contribution in [0, 0.1) is 12.8 Å². The molecule has 0 aromatic carbocycles. The normalized spacial score (nSPS) is 18.5. The number of aromatic nitrogens is 1. The molecule has 1 aromatic rings. The van der Waals surface area contributed by atoms with Crippen molar-refractivity contribution in [1.29, 1.82) is 0 Å². The van der Waals surface area contributed by atoms with Crippen LogP contribution in [0.15, 0.2) is 18.3 Å². The summed E-state index contributed by atoms with van der Waals surface area (Å²) in [6, 6.07) is 4.84. The minimum Gasteiger partial charge on any atom is -0.313 e. The van der Waals surface area contributed by atoms with E-state index < -0.39 is 0 Å². The second-order valence-corrected chi connectivity index (χ2v) is 4.60. The van der Waals surface area contributed by atoms with Crippen LogP contribution in [0.4, 0.5) is 0 Å². The Hall–Kier alpha value is -0.890. The molecule has 1 saturated carbocycles. The van der Waals surface area contributed by atoms with Crippen molar-refractivity contribution in [3.8, 4) is 0 Å². The molecule has 0 amide bonds. The summed E-state index contributed by atoms with van der Waals surface area (Å²) in [5.74, 6) is 0.941. The number of nitrogens with one attached hydrogen (secondary N) is 1. The first kappa shape index (κ1) is 10.6. The molecule has 1 heterocycles. The average molecular weight is 204 g/mol. The molecule has 0 radical (unpaired) electrons. The fourth-order valence-electron chi connectivity index (χ4n) is 2.27. The maximum Gasteiger partial charge on any atom is 0.0375 e. The first-order valence-electron chi connectivity index (χ1n) is 5.89. The molecule has 0 spiro atoms. The minimum absolute atomic E-state index is 0.511. The molecule has 2 nitrogen and oxygen atoms in total. The van der Waals surface area contributed by atoms with Gasteiger partial charge in [0.25, 0.3) is 0 Å². The third-order valence-corrected chi connectivity index (χ3v) is 3.47. The number of hydrogen-bond acceptors (Lipinski definition) is 2. The summed E-state index contributed by atoms with van der Waals surface area (Å²) >= 11 is 0. The van der Waals surface area contributed by atoms with E-state index in [1.54, 1.807) is 0 Å². The Bertz CT molecular complexity index is 318. The second-order valence-electron chi connectivity index (χ2n) is 4.60. The highest BCUT2D eigenvalue weighted by Gasteiger charge is 2.22. The maximum atomic E-state index is 4.24. The van der Waals surface area contributed by atoms with E-state index >= 15 is 0 Å². The lowest BCUT2D eigenvalue weighted by molar-refractivity contribution is 0.265. The number of aryl methyl sites for hydroxylation is 1. The fourth-order valence-corrected chi connectivity index (χ4v) is 2.27. The van der Waals surface area contributed by atoms with E-state index in [4.69, 9.17) is 0 Å². The summed E-state index contributed by atoms with van der Waals surface area (Å²) < 4.78 is 0. The van der Waals surface area contributed by atoms with Crippen molar-refractivity contribution in [3.05, 3.63) is 29.6 Å². The summed E-state index contributed by atoms with van der Waals surface area (Å²) in [6.45, 7) is 2.06. The summed E-state index contributed by atoms with van der Waals surface area (Å²) in [4.78, 5) is 4.24. The van der Waals surface area contributed by atoms with E-state index in [2.05, 4.69) is 36.4 Å². The zero-order chi connectivity index (χ0) is 10.7. The Morgan fingerprint density at radius 1 is 1.53 bits per heavy atom. The summed E-state index contributed by atoms with van der Waals surface area (Å²) in [7, 11) is 2.05. The van der Waals surface area contributed by atoms with Gasteiger partial charge in [-0.3, -0.25) is 4.98 Å². The van der Waals surface area contributed by atoms with Gasteiger partial charge in [-0.15, -0.1) is 0 Å². The van der Waals surface area contributed by atoms with Crippen molar-refractivity contribution in [2.24, 2.45) is 5.92 Å². The summed E-state index contributed by atoms with van der Waals surface area (Å²) in [5, 5.41) is 3.42. The Kier molecular flexibility index (Phi) is 3.37. The lowest BCUT2D eigenvalue weighted by atomic mass is 9.79. The van der Waals surface area contributed by atoms with E-state index in [-0.39, 0.29) is 0 Å². The second kappa shape index (κ2) is 4.75. The lowest BCUT2D eigenvalue weighted by Crippen LogP contribution is -2.23. The number of pyridine rings is 1. The topological polar surface area (TPSA) is 24.9 Å². The van der Waals surface area contributed by atoms with Crippen molar-refractivity contribution in [1.82, 2.24) is 10.3 Å². The van der Waals surface area contributed by atoms with Crippen molar-refractivity contribution in [2.45, 2.75) is 38.6 Å². The van der Waals surface area contributed by atoms with E-state index in [1.807, 2.05) is 6.20 Å². The number of rotatable bonds is 4. The molecule has 0 bridgehead atoms. The van der Waals surface area contributed by atoms with Crippen molar-refractivity contribution >= 4 is 0 Å². The van der Waals surface area contributed by atoms with Gasteiger partial charge in [0.15, 0.2) is 0 Å². The molecule has 2 rings (SSSR count). The molecule has 1 aliphatic carbocycles. The monoisotopic (exact) mass is 204 g/mol. The molecule has 15 heavy (non-hydrogen) atoms. The van der Waals surface area contributed by atoms with Gasteiger partial charge in [-0.25, -0.2) is 0 Å². The van der Waals surface area contributed by atoms with Gasteiger partial charge in [0, 0.05) is 17.9 Å². The third-order valence-electron chi connectivity index (χ3n) is 3.47. The van der Waals surface area contributed by atoms with Gasteiger partial charge in [-0.2, -0.15) is 0 Å². The highest BCUT2D eigenvalue weighted by Crippen LogP contribution is 2.34. The Morgan fingerprint density at radius 2 is 2.33 bits per heavy atom. The highest BCUT2D eigenvalue weighted by atomic mass is 14.9. The van der Waals surface area contributed by atoms with Crippen molar-refractivity contribution in [2.75, 3.05) is 7.05 Å². The van der Waals surface area contributed by atoms with Gasteiger partial charge >= 0.3 is 0 Å². The molecule has 1 unspecified atom stereocenters. The largest absolute Gasteiger partial charge is 0.313 e. The average Bonchev–Trinajstić information content (AvgIpc) is 2.16. The van der Waals surface area contributed by atoms with Gasteiger partial charge in [0.2, 0.25) is 0 Å². The van der Waals surface area contributed by atoms with Crippen LogP contribution < -0.4 is 5.32 Å². The standard InChI is InChI=1S/C13H20N2/c1-10-8-12(6-7-15-10)13(14-2)9-11-4-3-5-11/h6-8,11,13-14H,3-5,9H2,1-2H3. The zero-order valence-electron chi connectivity index (χ0n) is 9.66. The molecule has 1 fully saturated rings. The summed E-state index contributed by atoms with van der Waals surface area (Å²) in [5.41, 5.74) is 2.50. The first-order valence-corrected chi connectivity index (χ1v) is 5.89. The van der Waals surface area contributed by atoms with Gasteiger partial charge in [-0.05, 0) is 44.0 Å². The van der Waals surface area contributed by atoms with E-state index in [0.717, 1.165) is 11.6 Å². The van der Waals surface area contributed by atoms with Gasteiger partial charge in [0.05, 0.1) is 0 Å². The van der Waals surface area contributed by atoms with Crippen LogP contribution in [0.25, 0.3) is 0 Å². The predicted molar refractivity (Wildman–Crippen MR) is 62.7 cm³/mol. The number of nitrogens with zero attached hydrogens (tertiary/aromatic N) is 1. The molecular weight excluding hydrogens is 184 g/mol. The van der Waals surface area contributed by atoms with Crippen LogP contribution in [-0.4, -0.2) is 12.0 Å². The van der Waals surface area contributed by atoms with Crippen molar-refractivity contribution in [3.63, 3.8) is 0 Å². The molecular formula is C13H20N2. The van der Waals surface area contributed by atoms with Crippen LogP contribution in [0.3, 0.4) is 0 Å². The Labute approximate surface area is 92.1 Å². The molecule has 0 aliphatic heterocycles. The van der Waals surface area contributed by atoms with Crippen LogP contribution in [-0.2, 0) is 0 Å². The molecule has 1 N–H and O–H groups in total. The molecule has 1 atom stereocenters. The van der Waals surface area contributed by atoms with Crippen LogP contribution in [0.1, 0.15) is 43.0 Å². The van der Waals surface area contributed by atoms with Crippen LogP contribution >= 0.6 is 0 Å². The first-order chi connectivity index (χ1) is 7.29. The van der Waals surface area contributed by atoms with Gasteiger partial charge in [-0.1, -0.05) is 19.3 Å². The Morgan fingerprint density at radius 3 is 2.87 bits per heavy atom. The number of hydrogen-bond donors (Lipinski definition) is 1. The molecule has 1 aliphatic rings. The third kappa shape index (κ3) is 2.57. The molecule has 1 aromatic heterocycles.